The second-order valence-corrected chi connectivity index (χ2v) is 5.84. The molecule has 0 radical (unpaired) electrons. The van der Waals surface area contributed by atoms with E-state index in [0.717, 1.165) is 18.4 Å². The second kappa shape index (κ2) is 6.55. The molecule has 0 saturated heterocycles. The molecular weight excluding hydrogens is 294 g/mol. The quantitative estimate of drug-likeness (QED) is 0.783. The number of halogens is 1. The zero-order valence-corrected chi connectivity index (χ0v) is 12.0. The van der Waals surface area contributed by atoms with E-state index in [1.807, 2.05) is 18.2 Å². The average molecular weight is 314 g/mol. The highest BCUT2D eigenvalue weighted by Gasteiger charge is 2.22. The Bertz CT molecular complexity index is 391. The van der Waals surface area contributed by atoms with Crippen LogP contribution in [-0.4, -0.2) is 22.9 Å². The van der Waals surface area contributed by atoms with Crippen LogP contribution < -0.4 is 5.32 Å². The molecule has 1 aromatic rings. The Hall–Kier alpha value is -0.580. The molecule has 1 aliphatic carbocycles. The van der Waals surface area contributed by atoms with Gasteiger partial charge in [0.2, 0.25) is 0 Å². The minimum absolute atomic E-state index is 0.262. The van der Waals surface area contributed by atoms with Gasteiger partial charge in [-0.2, -0.15) is 0 Å². The first kappa shape index (κ1) is 13.8. The van der Waals surface area contributed by atoms with Crippen molar-refractivity contribution in [2.24, 2.45) is 5.92 Å². The first-order valence-electron chi connectivity index (χ1n) is 6.53. The Morgan fingerprint density at radius 3 is 2.78 bits per heavy atom. The number of para-hydroxylation sites is 1. The predicted octanol–water partition coefficient (Wildman–Crippen LogP) is 2.80. The number of hydrogen-bond acceptors (Lipinski definition) is 3. The standard InChI is InChI=1S/C14H20BrNO2/c15-12-7-3-6-11(14(12)18)8-16-9-13(17)10-4-1-2-5-10/h3,6-7,10,13,16-18H,1-2,4-5,8-9H2. The fourth-order valence-corrected chi connectivity index (χ4v) is 2.97. The van der Waals surface area contributed by atoms with Gasteiger partial charge < -0.3 is 15.5 Å². The Labute approximate surface area is 116 Å². The number of phenols is 1. The van der Waals surface area contributed by atoms with Crippen LogP contribution in [-0.2, 0) is 6.54 Å². The highest BCUT2D eigenvalue weighted by atomic mass is 79.9. The van der Waals surface area contributed by atoms with Gasteiger partial charge in [0.25, 0.3) is 0 Å². The molecule has 1 fully saturated rings. The minimum atomic E-state index is -0.262. The summed E-state index contributed by atoms with van der Waals surface area (Å²) in [6, 6.07) is 5.59. The summed E-state index contributed by atoms with van der Waals surface area (Å²) in [5, 5.41) is 23.1. The molecule has 18 heavy (non-hydrogen) atoms. The van der Waals surface area contributed by atoms with Crippen molar-refractivity contribution in [2.75, 3.05) is 6.54 Å². The van der Waals surface area contributed by atoms with Gasteiger partial charge in [-0.05, 0) is 40.8 Å². The van der Waals surface area contributed by atoms with Crippen molar-refractivity contribution < 1.29 is 10.2 Å². The van der Waals surface area contributed by atoms with Crippen molar-refractivity contribution in [3.8, 4) is 5.75 Å². The Balaban J connectivity index is 1.79. The summed E-state index contributed by atoms with van der Waals surface area (Å²) < 4.78 is 0.707. The third kappa shape index (κ3) is 3.46. The van der Waals surface area contributed by atoms with E-state index >= 15 is 0 Å². The average Bonchev–Trinajstić information content (AvgIpc) is 2.88. The van der Waals surface area contributed by atoms with Gasteiger partial charge in [0.05, 0.1) is 10.6 Å². The molecule has 1 aliphatic rings. The van der Waals surface area contributed by atoms with E-state index in [1.54, 1.807) is 0 Å². The maximum atomic E-state index is 10.0. The van der Waals surface area contributed by atoms with Gasteiger partial charge in [-0.3, -0.25) is 0 Å². The molecular formula is C14H20BrNO2. The number of aliphatic hydroxyl groups is 1. The van der Waals surface area contributed by atoms with E-state index in [2.05, 4.69) is 21.2 Å². The third-order valence-corrected chi connectivity index (χ3v) is 4.32. The van der Waals surface area contributed by atoms with Crippen molar-refractivity contribution >= 4 is 15.9 Å². The fraction of sp³-hybridized carbons (Fsp3) is 0.571. The summed E-state index contributed by atoms with van der Waals surface area (Å²) in [7, 11) is 0. The molecule has 0 bridgehead atoms. The zero-order valence-electron chi connectivity index (χ0n) is 10.4. The SMILES string of the molecule is Oc1c(Br)cccc1CNCC(O)C1CCCC1. The molecule has 3 N–H and O–H groups in total. The molecule has 1 saturated carbocycles. The smallest absolute Gasteiger partial charge is 0.134 e. The highest BCUT2D eigenvalue weighted by Crippen LogP contribution is 2.28. The number of aliphatic hydroxyl groups excluding tert-OH is 1. The number of aromatic hydroxyl groups is 1. The van der Waals surface area contributed by atoms with E-state index in [4.69, 9.17) is 0 Å². The van der Waals surface area contributed by atoms with Gasteiger partial charge in [-0.1, -0.05) is 25.0 Å². The molecule has 2 rings (SSSR count). The molecule has 0 aromatic heterocycles. The van der Waals surface area contributed by atoms with Crippen LogP contribution in [0.25, 0.3) is 0 Å². The second-order valence-electron chi connectivity index (χ2n) is 4.99. The van der Waals surface area contributed by atoms with E-state index < -0.39 is 0 Å². The number of benzene rings is 1. The van der Waals surface area contributed by atoms with Crippen LogP contribution in [0.1, 0.15) is 31.2 Å². The van der Waals surface area contributed by atoms with Crippen molar-refractivity contribution in [2.45, 2.75) is 38.3 Å². The topological polar surface area (TPSA) is 52.5 Å². The molecule has 0 heterocycles. The molecule has 0 amide bonds. The van der Waals surface area contributed by atoms with E-state index in [1.165, 1.54) is 12.8 Å². The molecule has 1 aromatic carbocycles. The van der Waals surface area contributed by atoms with E-state index in [9.17, 15) is 10.2 Å². The summed E-state index contributed by atoms with van der Waals surface area (Å²) >= 11 is 3.29. The van der Waals surface area contributed by atoms with Crippen LogP contribution in [0.2, 0.25) is 0 Å². The van der Waals surface area contributed by atoms with E-state index in [0.29, 0.717) is 23.5 Å². The first-order chi connectivity index (χ1) is 8.68. The summed E-state index contributed by atoms with van der Waals surface area (Å²) in [6.07, 6.45) is 4.51. The van der Waals surface area contributed by atoms with Gasteiger partial charge in [0, 0.05) is 18.7 Å². The van der Waals surface area contributed by atoms with Crippen LogP contribution in [0.3, 0.4) is 0 Å². The van der Waals surface area contributed by atoms with Crippen LogP contribution >= 0.6 is 15.9 Å². The third-order valence-electron chi connectivity index (χ3n) is 3.68. The molecule has 4 heteroatoms. The molecule has 0 aliphatic heterocycles. The lowest BCUT2D eigenvalue weighted by molar-refractivity contribution is 0.109. The number of rotatable bonds is 5. The number of hydrogen-bond donors (Lipinski definition) is 3. The maximum absolute atomic E-state index is 10.0. The van der Waals surface area contributed by atoms with Crippen LogP contribution in [0, 0.1) is 5.92 Å². The van der Waals surface area contributed by atoms with Gasteiger partial charge >= 0.3 is 0 Å². The lowest BCUT2D eigenvalue weighted by Crippen LogP contribution is -2.31. The minimum Gasteiger partial charge on any atom is -0.506 e. The van der Waals surface area contributed by atoms with Gasteiger partial charge in [-0.15, -0.1) is 0 Å². The monoisotopic (exact) mass is 313 g/mol. The molecule has 1 atom stereocenters. The van der Waals surface area contributed by atoms with Crippen molar-refractivity contribution in [3.63, 3.8) is 0 Å². The largest absolute Gasteiger partial charge is 0.506 e. The molecule has 100 valence electrons. The highest BCUT2D eigenvalue weighted by molar-refractivity contribution is 9.10. The summed E-state index contributed by atoms with van der Waals surface area (Å²) in [5.41, 5.74) is 0.850. The Morgan fingerprint density at radius 1 is 1.33 bits per heavy atom. The van der Waals surface area contributed by atoms with Crippen LogP contribution in [0.5, 0.6) is 5.75 Å². The van der Waals surface area contributed by atoms with E-state index in [-0.39, 0.29) is 11.9 Å². The van der Waals surface area contributed by atoms with Crippen LogP contribution in [0.4, 0.5) is 0 Å². The summed E-state index contributed by atoms with van der Waals surface area (Å²) in [5.74, 6) is 0.731. The summed E-state index contributed by atoms with van der Waals surface area (Å²) in [4.78, 5) is 0. The fourth-order valence-electron chi connectivity index (χ4n) is 2.57. The van der Waals surface area contributed by atoms with Crippen molar-refractivity contribution in [3.05, 3.63) is 28.2 Å². The van der Waals surface area contributed by atoms with Gasteiger partial charge in [-0.25, -0.2) is 0 Å². The maximum Gasteiger partial charge on any atom is 0.134 e. The van der Waals surface area contributed by atoms with Gasteiger partial charge in [0.15, 0.2) is 0 Å². The Morgan fingerprint density at radius 2 is 2.06 bits per heavy atom. The lowest BCUT2D eigenvalue weighted by Gasteiger charge is -2.18. The molecule has 1 unspecified atom stereocenters. The van der Waals surface area contributed by atoms with Gasteiger partial charge in [0.1, 0.15) is 5.75 Å². The molecule has 3 nitrogen and oxygen atoms in total. The lowest BCUT2D eigenvalue weighted by atomic mass is 10.0. The van der Waals surface area contributed by atoms with Crippen molar-refractivity contribution in [1.29, 1.82) is 0 Å². The Kier molecular flexibility index (Phi) is 5.03. The zero-order chi connectivity index (χ0) is 13.0. The predicted molar refractivity (Wildman–Crippen MR) is 75.5 cm³/mol. The first-order valence-corrected chi connectivity index (χ1v) is 7.33. The normalized spacial score (nSPS) is 18.1. The summed E-state index contributed by atoms with van der Waals surface area (Å²) in [6.45, 7) is 1.17. The molecule has 0 spiro atoms. The van der Waals surface area contributed by atoms with Crippen molar-refractivity contribution in [1.82, 2.24) is 5.32 Å². The van der Waals surface area contributed by atoms with Crippen LogP contribution in [0.15, 0.2) is 22.7 Å². The number of nitrogens with one attached hydrogen (secondary N) is 1. The number of phenolic OH excluding ortho intramolecular Hbond substituents is 1.